The Labute approximate surface area is 227 Å². The minimum Gasteiger partial charge on any atom is -0.388 e. The lowest BCUT2D eigenvalue weighted by molar-refractivity contribution is -0.220. The topological polar surface area (TPSA) is 186 Å². The van der Waals surface area contributed by atoms with E-state index in [9.17, 15) is 40.1 Å². The van der Waals surface area contributed by atoms with Gasteiger partial charge in [-0.15, -0.1) is 0 Å². The van der Waals surface area contributed by atoms with Crippen molar-refractivity contribution in [1.82, 2.24) is 0 Å². The number of hydrogen-bond donors (Lipinski definition) is 7. The average Bonchev–Trinajstić information content (AvgIpc) is 2.88. The van der Waals surface area contributed by atoms with Gasteiger partial charge in [-0.1, -0.05) is 90.9 Å². The SMILES string of the molecule is CCCCCCCC(C)CCCCCCCCOCC(O)COP(=O)(O)OC1[C@@H](O)[C@H](O)C(O)[C@H](O)[C@@H]1O. The average molecular weight is 573 g/mol. The Morgan fingerprint density at radius 2 is 1.18 bits per heavy atom. The quantitative estimate of drug-likeness (QED) is 0.0746. The molecule has 0 bridgehead atoms. The van der Waals surface area contributed by atoms with Crippen molar-refractivity contribution in [2.45, 2.75) is 140 Å². The van der Waals surface area contributed by atoms with Crippen molar-refractivity contribution in [3.63, 3.8) is 0 Å². The predicted molar refractivity (Wildman–Crippen MR) is 142 cm³/mol. The summed E-state index contributed by atoms with van der Waals surface area (Å²) in [6.45, 7) is 4.31. The number of rotatable bonds is 22. The fourth-order valence-corrected chi connectivity index (χ4v) is 5.58. The summed E-state index contributed by atoms with van der Waals surface area (Å²) in [5.74, 6) is 0.812. The van der Waals surface area contributed by atoms with E-state index in [2.05, 4.69) is 22.9 Å². The zero-order valence-electron chi connectivity index (χ0n) is 23.1. The highest BCUT2D eigenvalue weighted by Crippen LogP contribution is 2.47. The molecular formula is C26H53O11P. The van der Waals surface area contributed by atoms with E-state index in [1.54, 1.807) is 0 Å². The molecule has 0 radical (unpaired) electrons. The minimum atomic E-state index is -4.88. The molecular weight excluding hydrogens is 519 g/mol. The van der Waals surface area contributed by atoms with Gasteiger partial charge < -0.3 is 40.3 Å². The first kappa shape index (κ1) is 35.9. The van der Waals surface area contributed by atoms with Gasteiger partial charge in [-0.05, 0) is 12.3 Å². The van der Waals surface area contributed by atoms with Gasteiger partial charge in [0.2, 0.25) is 0 Å². The number of unbranched alkanes of at least 4 members (excludes halogenated alkanes) is 9. The molecule has 0 heterocycles. The van der Waals surface area contributed by atoms with E-state index in [-0.39, 0.29) is 6.61 Å². The van der Waals surface area contributed by atoms with Crippen LogP contribution in [0, 0.1) is 5.92 Å². The van der Waals surface area contributed by atoms with E-state index >= 15 is 0 Å². The van der Waals surface area contributed by atoms with Gasteiger partial charge in [0.15, 0.2) is 0 Å². The van der Waals surface area contributed by atoms with E-state index in [1.807, 2.05) is 0 Å². The number of aliphatic hydroxyl groups is 6. The first-order valence-corrected chi connectivity index (χ1v) is 15.8. The van der Waals surface area contributed by atoms with Crippen molar-refractivity contribution in [2.75, 3.05) is 19.8 Å². The first-order valence-electron chi connectivity index (χ1n) is 14.3. The van der Waals surface area contributed by atoms with Crippen molar-refractivity contribution in [3.05, 3.63) is 0 Å². The molecule has 0 aliphatic heterocycles. The summed E-state index contributed by atoms with van der Waals surface area (Å²) in [6.07, 6.45) is 3.40. The minimum absolute atomic E-state index is 0.116. The maximum absolute atomic E-state index is 12.1. The van der Waals surface area contributed by atoms with Crippen LogP contribution in [0.25, 0.3) is 0 Å². The van der Waals surface area contributed by atoms with E-state index in [0.717, 1.165) is 25.2 Å². The summed E-state index contributed by atoms with van der Waals surface area (Å²) < 4.78 is 26.9. The monoisotopic (exact) mass is 572 g/mol. The molecule has 228 valence electrons. The molecule has 1 aliphatic rings. The summed E-state index contributed by atoms with van der Waals surface area (Å²) in [4.78, 5) is 9.83. The van der Waals surface area contributed by atoms with Crippen LogP contribution >= 0.6 is 7.82 Å². The highest BCUT2D eigenvalue weighted by molar-refractivity contribution is 7.47. The van der Waals surface area contributed by atoms with Gasteiger partial charge in [-0.3, -0.25) is 9.05 Å². The molecule has 12 heteroatoms. The summed E-state index contributed by atoms with van der Waals surface area (Å²) >= 11 is 0. The largest absolute Gasteiger partial charge is 0.472 e. The van der Waals surface area contributed by atoms with Gasteiger partial charge in [0.1, 0.15) is 42.7 Å². The molecule has 0 spiro atoms. The lowest BCUT2D eigenvalue weighted by Crippen LogP contribution is -2.64. The van der Waals surface area contributed by atoms with Crippen LogP contribution in [0.5, 0.6) is 0 Å². The fraction of sp³-hybridized carbons (Fsp3) is 1.00. The Balaban J connectivity index is 2.06. The van der Waals surface area contributed by atoms with Crippen molar-refractivity contribution >= 4 is 7.82 Å². The Bertz CT molecular complexity index is 624. The Morgan fingerprint density at radius 1 is 0.711 bits per heavy atom. The Kier molecular flexibility index (Phi) is 18.7. The van der Waals surface area contributed by atoms with Crippen molar-refractivity contribution < 1.29 is 53.9 Å². The third-order valence-electron chi connectivity index (χ3n) is 7.10. The maximum atomic E-state index is 12.1. The van der Waals surface area contributed by atoms with Crippen LogP contribution in [0.4, 0.5) is 0 Å². The number of ether oxygens (including phenoxy) is 1. The summed E-state index contributed by atoms with van der Waals surface area (Å²) in [5, 5.41) is 58.6. The molecule has 11 nitrogen and oxygen atoms in total. The molecule has 1 rings (SSSR count). The predicted octanol–water partition coefficient (Wildman–Crippen LogP) is 2.41. The highest BCUT2D eigenvalue weighted by Gasteiger charge is 2.51. The first-order chi connectivity index (χ1) is 18.0. The van der Waals surface area contributed by atoms with Crippen LogP contribution < -0.4 is 0 Å². The van der Waals surface area contributed by atoms with Crippen LogP contribution in [0.15, 0.2) is 0 Å². The highest BCUT2D eigenvalue weighted by atomic mass is 31.2. The van der Waals surface area contributed by atoms with Crippen LogP contribution in [0.2, 0.25) is 0 Å². The Morgan fingerprint density at radius 3 is 1.74 bits per heavy atom. The van der Waals surface area contributed by atoms with Gasteiger partial charge in [-0.25, -0.2) is 4.57 Å². The van der Waals surface area contributed by atoms with E-state index in [4.69, 9.17) is 4.74 Å². The van der Waals surface area contributed by atoms with Crippen LogP contribution in [0.1, 0.15) is 97.3 Å². The third kappa shape index (κ3) is 14.5. The standard InChI is InChI=1S/C26H53O11P/c1-3-4-5-8-11-14-19(2)15-12-9-6-7-10-13-16-35-17-20(27)18-36-38(33,34)37-26-24(31)22(29)21(28)23(30)25(26)32/h19-32H,3-18H2,1-2H3,(H,33,34)/t19?,20?,21?,22-,23+,24-,25-,26?/m0/s1. The van der Waals surface area contributed by atoms with Gasteiger partial charge in [0.25, 0.3) is 0 Å². The molecule has 5 unspecified atom stereocenters. The van der Waals surface area contributed by atoms with Gasteiger partial charge in [0, 0.05) is 6.61 Å². The second kappa shape index (κ2) is 19.8. The molecule has 1 saturated carbocycles. The molecule has 1 fully saturated rings. The molecule has 0 aromatic carbocycles. The van der Waals surface area contributed by atoms with Crippen LogP contribution in [-0.2, 0) is 18.3 Å². The van der Waals surface area contributed by atoms with Gasteiger partial charge in [0.05, 0.1) is 13.2 Å². The molecule has 7 N–H and O–H groups in total. The van der Waals surface area contributed by atoms with Gasteiger partial charge >= 0.3 is 7.82 Å². The van der Waals surface area contributed by atoms with Crippen LogP contribution in [0.3, 0.4) is 0 Å². The van der Waals surface area contributed by atoms with Crippen molar-refractivity contribution in [2.24, 2.45) is 5.92 Å². The molecule has 0 aromatic rings. The van der Waals surface area contributed by atoms with E-state index in [1.165, 1.54) is 64.2 Å². The molecule has 1 aliphatic carbocycles. The van der Waals surface area contributed by atoms with E-state index in [0.29, 0.717) is 6.61 Å². The van der Waals surface area contributed by atoms with Gasteiger partial charge in [-0.2, -0.15) is 0 Å². The van der Waals surface area contributed by atoms with E-state index < -0.39 is 57.2 Å². The smallest absolute Gasteiger partial charge is 0.388 e. The molecule has 0 saturated heterocycles. The maximum Gasteiger partial charge on any atom is 0.472 e. The lowest BCUT2D eigenvalue weighted by atomic mass is 9.85. The van der Waals surface area contributed by atoms with Crippen LogP contribution in [-0.4, -0.2) is 98.1 Å². The number of phosphoric acid groups is 1. The fourth-order valence-electron chi connectivity index (χ4n) is 4.60. The summed E-state index contributed by atoms with van der Waals surface area (Å²) in [7, 11) is -4.88. The molecule has 38 heavy (non-hydrogen) atoms. The second-order valence-electron chi connectivity index (χ2n) is 10.7. The Hall–Kier alpha value is -0.170. The second-order valence-corrected chi connectivity index (χ2v) is 12.1. The molecule has 9 atom stereocenters. The number of aliphatic hydroxyl groups excluding tert-OH is 6. The zero-order valence-corrected chi connectivity index (χ0v) is 24.0. The number of hydrogen-bond acceptors (Lipinski definition) is 10. The number of phosphoric ester groups is 1. The van der Waals surface area contributed by atoms with Crippen molar-refractivity contribution in [3.8, 4) is 0 Å². The third-order valence-corrected chi connectivity index (χ3v) is 8.09. The molecule has 0 aromatic heterocycles. The van der Waals surface area contributed by atoms with Crippen molar-refractivity contribution in [1.29, 1.82) is 0 Å². The zero-order chi connectivity index (χ0) is 28.6. The summed E-state index contributed by atoms with van der Waals surface area (Å²) in [5.41, 5.74) is 0. The lowest BCUT2D eigenvalue weighted by Gasteiger charge is -2.41. The normalized spacial score (nSPS) is 29.2. The molecule has 0 amide bonds. The summed E-state index contributed by atoms with van der Waals surface area (Å²) in [6, 6.07) is 0.